The maximum Gasteiger partial charge on any atom is 0.280 e. The molecule has 0 aromatic carbocycles. The van der Waals surface area contributed by atoms with Gasteiger partial charge in [-0.3, -0.25) is 0 Å². The van der Waals surface area contributed by atoms with E-state index >= 15 is 0 Å². The molecule has 0 aliphatic rings. The maximum absolute atomic E-state index is 12.3. The van der Waals surface area contributed by atoms with Crippen molar-refractivity contribution in [1.29, 1.82) is 0 Å². The van der Waals surface area contributed by atoms with Gasteiger partial charge < -0.3 is 5.11 Å². The van der Waals surface area contributed by atoms with Crippen molar-refractivity contribution in [3.05, 3.63) is 26.6 Å². The highest BCUT2D eigenvalue weighted by Crippen LogP contribution is 2.23. The normalized spacial score (nSPS) is 10.9. The number of aliphatic hydroxyl groups is 1. The number of hydrogen-bond acceptors (Lipinski definition) is 2. The molecule has 1 N–H and O–H groups in total. The lowest BCUT2D eigenvalue weighted by molar-refractivity contribution is 0.144. The Morgan fingerprint density at radius 3 is 2.69 bits per heavy atom. The highest BCUT2D eigenvalue weighted by molar-refractivity contribution is 14.1. The van der Waals surface area contributed by atoms with Crippen molar-refractivity contribution in [2.75, 3.05) is 0 Å². The second-order valence-electron chi connectivity index (χ2n) is 2.60. The van der Waals surface area contributed by atoms with Gasteiger partial charge in [-0.2, -0.15) is 0 Å². The monoisotopic (exact) mass is 299 g/mol. The van der Waals surface area contributed by atoms with Gasteiger partial charge in [-0.25, -0.2) is 13.8 Å². The van der Waals surface area contributed by atoms with E-state index < -0.39 is 6.43 Å². The Labute approximate surface area is 88.1 Å². The van der Waals surface area contributed by atoms with Crippen LogP contribution >= 0.6 is 22.6 Å². The first-order valence-electron chi connectivity index (χ1n) is 3.61. The number of halogens is 3. The van der Waals surface area contributed by atoms with Crippen molar-refractivity contribution >= 4 is 22.6 Å². The number of aromatic nitrogens is 1. The fraction of sp³-hybridized carbons (Fsp3) is 0.375. The van der Waals surface area contributed by atoms with Crippen LogP contribution in [0.15, 0.2) is 6.07 Å². The second-order valence-corrected chi connectivity index (χ2v) is 3.62. The summed E-state index contributed by atoms with van der Waals surface area (Å²) in [5.74, 6) is 0. The zero-order valence-corrected chi connectivity index (χ0v) is 9.05. The van der Waals surface area contributed by atoms with E-state index in [0.29, 0.717) is 14.8 Å². The Kier molecular flexibility index (Phi) is 3.55. The second kappa shape index (κ2) is 4.28. The number of hydrogen-bond donors (Lipinski definition) is 1. The molecule has 0 amide bonds. The summed E-state index contributed by atoms with van der Waals surface area (Å²) in [6.07, 6.45) is -2.55. The van der Waals surface area contributed by atoms with E-state index in [0.717, 1.165) is 0 Å². The lowest BCUT2D eigenvalue weighted by Crippen LogP contribution is -2.01. The zero-order valence-electron chi connectivity index (χ0n) is 6.89. The average molecular weight is 299 g/mol. The van der Waals surface area contributed by atoms with Crippen LogP contribution in [0.3, 0.4) is 0 Å². The van der Waals surface area contributed by atoms with Gasteiger partial charge in [0.1, 0.15) is 9.39 Å². The maximum atomic E-state index is 12.3. The Morgan fingerprint density at radius 1 is 1.62 bits per heavy atom. The molecule has 0 spiro atoms. The molecule has 0 unspecified atom stereocenters. The van der Waals surface area contributed by atoms with E-state index in [2.05, 4.69) is 4.98 Å². The molecule has 1 rings (SSSR count). The predicted octanol–water partition coefficient (Wildman–Crippen LogP) is 2.42. The average Bonchev–Trinajstić information content (AvgIpc) is 2.07. The molecular weight excluding hydrogens is 291 g/mol. The van der Waals surface area contributed by atoms with E-state index in [1.165, 1.54) is 6.07 Å². The molecule has 0 bridgehead atoms. The Bertz CT molecular complexity index is 317. The van der Waals surface area contributed by atoms with Crippen LogP contribution < -0.4 is 0 Å². The molecule has 72 valence electrons. The standard InChI is InChI=1S/C8H8F2INO/c1-4-2-5(3-13)8(11)12-6(4)7(9)10/h2,7,13H,3H2,1H3. The lowest BCUT2D eigenvalue weighted by atomic mass is 10.1. The van der Waals surface area contributed by atoms with Crippen LogP contribution in [0.2, 0.25) is 0 Å². The smallest absolute Gasteiger partial charge is 0.280 e. The minimum absolute atomic E-state index is 0.171. The molecule has 5 heteroatoms. The van der Waals surface area contributed by atoms with Gasteiger partial charge in [0.05, 0.1) is 6.61 Å². The fourth-order valence-electron chi connectivity index (χ4n) is 0.992. The van der Waals surface area contributed by atoms with Crippen LogP contribution in [0.25, 0.3) is 0 Å². The Morgan fingerprint density at radius 2 is 2.23 bits per heavy atom. The Balaban J connectivity index is 3.20. The van der Waals surface area contributed by atoms with Crippen molar-refractivity contribution in [2.45, 2.75) is 20.0 Å². The van der Waals surface area contributed by atoms with E-state index in [1.807, 2.05) is 22.6 Å². The third kappa shape index (κ3) is 2.34. The molecule has 0 aliphatic heterocycles. The highest BCUT2D eigenvalue weighted by atomic mass is 127. The molecule has 1 aromatic heterocycles. The largest absolute Gasteiger partial charge is 0.392 e. The number of aliphatic hydroxyl groups excluding tert-OH is 1. The van der Waals surface area contributed by atoms with E-state index in [9.17, 15) is 8.78 Å². The summed E-state index contributed by atoms with van der Waals surface area (Å²) in [4.78, 5) is 3.72. The summed E-state index contributed by atoms with van der Waals surface area (Å²) < 4.78 is 25.1. The van der Waals surface area contributed by atoms with Crippen LogP contribution in [0.5, 0.6) is 0 Å². The molecule has 1 aromatic rings. The molecule has 0 saturated heterocycles. The van der Waals surface area contributed by atoms with E-state index in [1.54, 1.807) is 6.92 Å². The first-order chi connectivity index (χ1) is 6.06. The molecule has 0 fully saturated rings. The van der Waals surface area contributed by atoms with Gasteiger partial charge in [0.2, 0.25) is 0 Å². The van der Waals surface area contributed by atoms with Crippen LogP contribution in [-0.4, -0.2) is 10.1 Å². The van der Waals surface area contributed by atoms with Gasteiger partial charge in [0.15, 0.2) is 0 Å². The number of aryl methyl sites for hydroxylation is 1. The van der Waals surface area contributed by atoms with Crippen molar-refractivity contribution in [1.82, 2.24) is 4.98 Å². The Hall–Kier alpha value is -0.300. The number of nitrogens with zero attached hydrogens (tertiary/aromatic N) is 1. The van der Waals surface area contributed by atoms with Crippen molar-refractivity contribution in [2.24, 2.45) is 0 Å². The highest BCUT2D eigenvalue weighted by Gasteiger charge is 2.14. The van der Waals surface area contributed by atoms with Gasteiger partial charge in [0, 0.05) is 5.56 Å². The summed E-state index contributed by atoms with van der Waals surface area (Å²) in [5, 5.41) is 8.84. The topological polar surface area (TPSA) is 33.1 Å². The SMILES string of the molecule is Cc1cc(CO)c(I)nc1C(F)F. The molecule has 0 atom stereocenters. The number of alkyl halides is 2. The van der Waals surface area contributed by atoms with Gasteiger partial charge in [-0.05, 0) is 41.1 Å². The first-order valence-corrected chi connectivity index (χ1v) is 4.69. The van der Waals surface area contributed by atoms with Gasteiger partial charge in [-0.15, -0.1) is 0 Å². The molecule has 0 aliphatic carbocycles. The zero-order chi connectivity index (χ0) is 10.0. The molecule has 0 saturated carbocycles. The van der Waals surface area contributed by atoms with E-state index in [-0.39, 0.29) is 12.3 Å². The fourth-order valence-corrected chi connectivity index (χ4v) is 1.58. The predicted molar refractivity (Wildman–Crippen MR) is 52.6 cm³/mol. The van der Waals surface area contributed by atoms with Gasteiger partial charge in [-0.1, -0.05) is 0 Å². The first kappa shape index (κ1) is 10.8. The molecule has 13 heavy (non-hydrogen) atoms. The van der Waals surface area contributed by atoms with Crippen LogP contribution in [0.4, 0.5) is 8.78 Å². The van der Waals surface area contributed by atoms with Gasteiger partial charge in [0.25, 0.3) is 6.43 Å². The summed E-state index contributed by atoms with van der Waals surface area (Å²) in [5.41, 5.74) is 0.795. The lowest BCUT2D eigenvalue weighted by Gasteiger charge is -2.07. The summed E-state index contributed by atoms with van der Waals surface area (Å²) in [6.45, 7) is 1.39. The minimum Gasteiger partial charge on any atom is -0.392 e. The van der Waals surface area contributed by atoms with Gasteiger partial charge >= 0.3 is 0 Å². The quantitative estimate of drug-likeness (QED) is 0.672. The molecule has 2 nitrogen and oxygen atoms in total. The summed E-state index contributed by atoms with van der Waals surface area (Å²) in [6, 6.07) is 1.54. The molecular formula is C8H8F2INO. The minimum atomic E-state index is -2.55. The van der Waals surface area contributed by atoms with Crippen molar-refractivity contribution in [3.63, 3.8) is 0 Å². The van der Waals surface area contributed by atoms with Crippen LogP contribution in [0.1, 0.15) is 23.2 Å². The number of rotatable bonds is 2. The van der Waals surface area contributed by atoms with E-state index in [4.69, 9.17) is 5.11 Å². The van der Waals surface area contributed by atoms with Crippen LogP contribution in [0, 0.1) is 10.6 Å². The number of pyridine rings is 1. The van der Waals surface area contributed by atoms with Crippen molar-refractivity contribution < 1.29 is 13.9 Å². The molecule has 1 heterocycles. The summed E-state index contributed by atoms with van der Waals surface area (Å²) in [7, 11) is 0. The molecule has 0 radical (unpaired) electrons. The van der Waals surface area contributed by atoms with Crippen molar-refractivity contribution in [3.8, 4) is 0 Å². The van der Waals surface area contributed by atoms with Crippen LogP contribution in [-0.2, 0) is 6.61 Å². The summed E-state index contributed by atoms with van der Waals surface area (Å²) >= 11 is 1.83. The third-order valence-electron chi connectivity index (χ3n) is 1.66. The third-order valence-corrected chi connectivity index (χ3v) is 2.59.